The van der Waals surface area contributed by atoms with Gasteiger partial charge in [0.2, 0.25) is 23.0 Å². The number of ether oxygens (including phenoxy) is 12. The number of hydrogen-bond acceptors (Lipinski definition) is 26. The molecule has 0 radical (unpaired) electrons. The van der Waals surface area contributed by atoms with Gasteiger partial charge in [-0.3, -0.25) is 16.7 Å². The summed E-state index contributed by atoms with van der Waals surface area (Å²) in [6, 6.07) is 8.87. The van der Waals surface area contributed by atoms with Crippen LogP contribution in [0.4, 0.5) is 0 Å². The van der Waals surface area contributed by atoms with Gasteiger partial charge in [0.1, 0.15) is 31.8 Å². The zero-order valence-corrected chi connectivity index (χ0v) is 45.7. The Morgan fingerprint density at radius 3 is 0.716 bits per heavy atom. The molecule has 0 bridgehead atoms. The molecular weight excluding hydrogens is 1070 g/mol. The quantitative estimate of drug-likeness (QED) is 0.0512. The minimum atomic E-state index is -4.98. The van der Waals surface area contributed by atoms with Crippen molar-refractivity contribution in [2.24, 2.45) is 0 Å². The van der Waals surface area contributed by atoms with E-state index in [1.165, 1.54) is 85.3 Å². The van der Waals surface area contributed by atoms with Gasteiger partial charge >= 0.3 is 0 Å². The van der Waals surface area contributed by atoms with Crippen LogP contribution in [0.5, 0.6) is 69.0 Å². The second-order valence-electron chi connectivity index (χ2n) is 14.6. The fraction of sp³-hybridized carbons (Fsp3) is 0.455. The average Bonchev–Trinajstić information content (AvgIpc) is 3.39. The van der Waals surface area contributed by atoms with Gasteiger partial charge in [-0.05, 0) is 0 Å². The highest BCUT2D eigenvalue weighted by Crippen LogP contribution is 2.43. The SMILES string of the molecule is COc1cc(S(=O)(=O)OCCNC[C@H](OS(=O)(=O)c2cc(OC)c(OC)c(OC)c2)[C@@H](CNCCOS(=O)(=O)c2cc(OC)c(OC)c(OC)c2)OS(=O)(=O)c2cc(OC)c(OC)c(OC)c2)cc(OC)c1OC. The lowest BCUT2D eigenvalue weighted by Crippen LogP contribution is -2.48. The van der Waals surface area contributed by atoms with Crippen molar-refractivity contribution in [1.29, 1.82) is 0 Å². The molecule has 0 spiro atoms. The number of benzene rings is 4. The van der Waals surface area contributed by atoms with Gasteiger partial charge in [-0.2, -0.15) is 33.7 Å². The van der Waals surface area contributed by atoms with Crippen molar-refractivity contribution >= 4 is 40.5 Å². The topological polar surface area (TPSA) is 308 Å². The third-order valence-electron chi connectivity index (χ3n) is 10.3. The molecule has 0 heterocycles. The van der Waals surface area contributed by atoms with E-state index in [1.54, 1.807) is 0 Å². The second-order valence-corrected chi connectivity index (χ2v) is 21.0. The number of rotatable bonds is 33. The Bertz CT molecular complexity index is 2690. The summed E-state index contributed by atoms with van der Waals surface area (Å²) >= 11 is 0. The summed E-state index contributed by atoms with van der Waals surface area (Å²) < 4.78 is 197. The van der Waals surface area contributed by atoms with Crippen LogP contribution in [-0.2, 0) is 57.2 Å². The minimum absolute atomic E-state index is 0.0216. The van der Waals surface area contributed by atoms with Crippen LogP contribution in [0.1, 0.15) is 0 Å². The van der Waals surface area contributed by atoms with Gasteiger partial charge in [0.15, 0.2) is 46.0 Å². The van der Waals surface area contributed by atoms with Crippen LogP contribution in [-0.4, -0.2) is 171 Å². The fourth-order valence-corrected chi connectivity index (χ4v) is 10.9. The molecule has 4 aromatic rings. The van der Waals surface area contributed by atoms with Crippen molar-refractivity contribution in [2.75, 3.05) is 125 Å². The average molecular weight is 1130 g/mol. The summed E-state index contributed by atoms with van der Waals surface area (Å²) in [6.45, 7) is -3.01. The van der Waals surface area contributed by atoms with Crippen LogP contribution >= 0.6 is 0 Å². The standard InChI is InChI=1S/C44H60N2O24S4/c1-55-31-17-27(18-32(56-2)41(31)63-9)71(47,48)67-15-13-45-25-39(69-73(51,52)29-21-35(59-5)43(65-11)36(22-29)60-6)40(70-74(53,54)30-23-37(61-7)44(66-12)38(24-30)62-8)26-46-14-16-68-72(49,50)28-19-33(57-3)42(64-10)34(20-28)58-4/h17-24,39-40,45-46H,13-16,25-26H2,1-12H3/t39-,40+. The van der Waals surface area contributed by atoms with E-state index in [-0.39, 0.29) is 91.9 Å². The first-order chi connectivity index (χ1) is 35.1. The molecular formula is C44H60N2O24S4. The Labute approximate surface area is 430 Å². The van der Waals surface area contributed by atoms with E-state index in [1.807, 2.05) is 0 Å². The van der Waals surface area contributed by atoms with E-state index in [0.717, 1.165) is 48.5 Å². The highest BCUT2D eigenvalue weighted by Gasteiger charge is 2.36. The molecule has 2 N–H and O–H groups in total. The van der Waals surface area contributed by atoms with Crippen LogP contribution in [0, 0.1) is 0 Å². The molecule has 2 atom stereocenters. The van der Waals surface area contributed by atoms with Crippen molar-refractivity contribution in [3.05, 3.63) is 48.5 Å². The molecule has 74 heavy (non-hydrogen) atoms. The lowest BCUT2D eigenvalue weighted by atomic mass is 10.2. The maximum atomic E-state index is 14.3. The van der Waals surface area contributed by atoms with Gasteiger partial charge in [0.05, 0.1) is 98.5 Å². The fourth-order valence-electron chi connectivity index (χ4n) is 6.77. The first-order valence-electron chi connectivity index (χ1n) is 21.4. The van der Waals surface area contributed by atoms with E-state index < -0.39 is 88.8 Å². The highest BCUT2D eigenvalue weighted by atomic mass is 32.2. The van der Waals surface area contributed by atoms with Crippen LogP contribution in [0.25, 0.3) is 0 Å². The van der Waals surface area contributed by atoms with Gasteiger partial charge in [-0.15, -0.1) is 0 Å². The van der Waals surface area contributed by atoms with Gasteiger partial charge in [-0.1, -0.05) is 0 Å². The van der Waals surface area contributed by atoms with Crippen LogP contribution in [0.2, 0.25) is 0 Å². The monoisotopic (exact) mass is 1130 g/mol. The lowest BCUT2D eigenvalue weighted by Gasteiger charge is -2.27. The number of nitrogens with one attached hydrogen (secondary N) is 2. The summed E-state index contributed by atoms with van der Waals surface area (Å²) in [4.78, 5) is -1.80. The molecule has 26 nitrogen and oxygen atoms in total. The molecule has 0 amide bonds. The zero-order chi connectivity index (χ0) is 55.0. The molecule has 0 aliphatic heterocycles. The molecule has 0 fully saturated rings. The minimum Gasteiger partial charge on any atom is -0.493 e. The Morgan fingerprint density at radius 2 is 0.527 bits per heavy atom. The van der Waals surface area contributed by atoms with Gasteiger partial charge in [-0.25, -0.2) is 0 Å². The largest absolute Gasteiger partial charge is 0.493 e. The maximum absolute atomic E-state index is 14.3. The molecule has 414 valence electrons. The summed E-state index contributed by atoms with van der Waals surface area (Å²) in [5.74, 6) is 0.0402. The lowest BCUT2D eigenvalue weighted by molar-refractivity contribution is 0.0612. The van der Waals surface area contributed by atoms with E-state index in [0.29, 0.717) is 0 Å². The molecule has 4 aromatic carbocycles. The van der Waals surface area contributed by atoms with E-state index in [9.17, 15) is 33.7 Å². The van der Waals surface area contributed by atoms with Gasteiger partial charge in [0.25, 0.3) is 40.5 Å². The smallest absolute Gasteiger partial charge is 0.297 e. The molecule has 0 unspecified atom stereocenters. The molecule has 0 aliphatic carbocycles. The predicted octanol–water partition coefficient (Wildman–Crippen LogP) is 2.63. The maximum Gasteiger partial charge on any atom is 0.297 e. The van der Waals surface area contributed by atoms with Gasteiger partial charge < -0.3 is 67.5 Å². The van der Waals surface area contributed by atoms with E-state index in [2.05, 4.69) is 10.6 Å². The first kappa shape index (κ1) is 60.6. The summed E-state index contributed by atoms with van der Waals surface area (Å²) in [6.07, 6.45) is -3.70. The normalized spacial score (nSPS) is 12.8. The van der Waals surface area contributed by atoms with Crippen molar-refractivity contribution in [2.45, 2.75) is 31.8 Å². The second kappa shape index (κ2) is 27.0. The molecule has 0 saturated heterocycles. The number of hydrogen-bond donors (Lipinski definition) is 2. The Hall–Kier alpha value is -5.96. The van der Waals surface area contributed by atoms with Crippen molar-refractivity contribution in [3.8, 4) is 69.0 Å². The van der Waals surface area contributed by atoms with Gasteiger partial charge in [0, 0.05) is 74.7 Å². The summed E-state index contributed by atoms with van der Waals surface area (Å²) in [5.41, 5.74) is 0. The third-order valence-corrected chi connectivity index (χ3v) is 15.6. The Morgan fingerprint density at radius 1 is 0.324 bits per heavy atom. The Kier molecular flexibility index (Phi) is 22.1. The van der Waals surface area contributed by atoms with Crippen LogP contribution in [0.15, 0.2) is 68.1 Å². The van der Waals surface area contributed by atoms with E-state index >= 15 is 0 Å². The molecule has 0 aliphatic rings. The van der Waals surface area contributed by atoms with Crippen molar-refractivity contribution in [3.63, 3.8) is 0 Å². The summed E-state index contributed by atoms with van der Waals surface area (Å²) in [7, 11) is -3.58. The van der Waals surface area contributed by atoms with Crippen molar-refractivity contribution in [1.82, 2.24) is 10.6 Å². The molecule has 4 rings (SSSR count). The third kappa shape index (κ3) is 14.7. The van der Waals surface area contributed by atoms with Crippen LogP contribution < -0.4 is 67.5 Å². The first-order valence-corrected chi connectivity index (χ1v) is 27.0. The van der Waals surface area contributed by atoms with E-state index in [4.69, 9.17) is 73.6 Å². The number of methoxy groups -OCH3 is 12. The predicted molar refractivity (Wildman–Crippen MR) is 261 cm³/mol. The zero-order valence-electron chi connectivity index (χ0n) is 42.4. The molecule has 0 saturated carbocycles. The van der Waals surface area contributed by atoms with Crippen molar-refractivity contribution < 1.29 is 107 Å². The summed E-state index contributed by atoms with van der Waals surface area (Å²) in [5, 5.41) is 5.65. The highest BCUT2D eigenvalue weighted by molar-refractivity contribution is 7.87. The molecule has 0 aromatic heterocycles. The Balaban J connectivity index is 1.75. The van der Waals surface area contributed by atoms with Crippen LogP contribution in [0.3, 0.4) is 0 Å². The molecule has 30 heteroatoms.